The largest absolute Gasteiger partial charge is 0.491 e. The number of aliphatic hydroxyl groups excluding tert-OH is 1. The van der Waals surface area contributed by atoms with Gasteiger partial charge in [-0.3, -0.25) is 4.79 Å². The zero-order valence-corrected chi connectivity index (χ0v) is 12.1. The Balaban J connectivity index is 2.29. The highest BCUT2D eigenvalue weighted by Gasteiger charge is 2.10. The lowest BCUT2D eigenvalue weighted by Crippen LogP contribution is -2.30. The molecule has 1 N–H and O–H groups in total. The summed E-state index contributed by atoms with van der Waals surface area (Å²) in [4.78, 5) is 13.4. The Hall–Kier alpha value is -1.26. The number of amides is 1. The van der Waals surface area contributed by atoms with Crippen molar-refractivity contribution in [2.75, 3.05) is 20.2 Å². The average Bonchev–Trinajstić information content (AvgIpc) is 2.38. The quantitative estimate of drug-likeness (QED) is 0.836. The zero-order chi connectivity index (χ0) is 14.3. The van der Waals surface area contributed by atoms with E-state index in [9.17, 15) is 4.79 Å². The predicted molar refractivity (Wildman–Crippen MR) is 75.5 cm³/mol. The van der Waals surface area contributed by atoms with Crippen molar-refractivity contribution >= 4 is 17.5 Å². The highest BCUT2D eigenvalue weighted by atomic mass is 35.5. The second-order valence-electron chi connectivity index (χ2n) is 4.48. The van der Waals surface area contributed by atoms with Crippen LogP contribution in [0.15, 0.2) is 24.3 Å². The first-order valence-corrected chi connectivity index (χ1v) is 6.68. The number of ether oxygens (including phenoxy) is 1. The van der Waals surface area contributed by atoms with Gasteiger partial charge in [0, 0.05) is 13.6 Å². The van der Waals surface area contributed by atoms with Crippen molar-refractivity contribution in [1.82, 2.24) is 4.90 Å². The van der Waals surface area contributed by atoms with Gasteiger partial charge in [-0.15, -0.1) is 0 Å². The molecule has 0 heterocycles. The Morgan fingerprint density at radius 2 is 2.16 bits per heavy atom. The summed E-state index contributed by atoms with van der Waals surface area (Å²) < 4.78 is 5.45. The first kappa shape index (κ1) is 15.8. The molecule has 1 aromatic rings. The molecular weight excluding hydrogens is 266 g/mol. The highest BCUT2D eigenvalue weighted by Crippen LogP contribution is 2.23. The Kier molecular flexibility index (Phi) is 6.67. The summed E-state index contributed by atoms with van der Waals surface area (Å²) in [5.74, 6) is 0.580. The highest BCUT2D eigenvalue weighted by molar-refractivity contribution is 6.32. The molecule has 5 heteroatoms. The van der Waals surface area contributed by atoms with Crippen LogP contribution in [0, 0.1) is 0 Å². The van der Waals surface area contributed by atoms with E-state index in [2.05, 4.69) is 0 Å². The van der Waals surface area contributed by atoms with Crippen molar-refractivity contribution in [1.29, 1.82) is 0 Å². The molecule has 0 aliphatic rings. The number of halogens is 1. The molecule has 0 saturated carbocycles. The molecule has 4 nitrogen and oxygen atoms in total. The molecule has 1 amide bonds. The normalized spacial score (nSPS) is 12.0. The summed E-state index contributed by atoms with van der Waals surface area (Å²) >= 11 is 5.94. The van der Waals surface area contributed by atoms with Gasteiger partial charge in [0.05, 0.1) is 24.2 Å². The van der Waals surface area contributed by atoms with Crippen LogP contribution in [0.2, 0.25) is 5.02 Å². The molecule has 19 heavy (non-hydrogen) atoms. The average molecular weight is 286 g/mol. The van der Waals surface area contributed by atoms with Crippen molar-refractivity contribution in [3.05, 3.63) is 29.3 Å². The molecule has 0 spiro atoms. The van der Waals surface area contributed by atoms with Gasteiger partial charge in [-0.1, -0.05) is 23.7 Å². The van der Waals surface area contributed by atoms with Crippen LogP contribution < -0.4 is 4.74 Å². The third kappa shape index (κ3) is 5.94. The Morgan fingerprint density at radius 3 is 2.79 bits per heavy atom. The second kappa shape index (κ2) is 8.02. The zero-order valence-electron chi connectivity index (χ0n) is 11.3. The van der Waals surface area contributed by atoms with E-state index in [1.54, 1.807) is 31.0 Å². The number of para-hydroxylation sites is 1. The number of hydrogen-bond donors (Lipinski definition) is 1. The fourth-order valence-corrected chi connectivity index (χ4v) is 1.70. The maximum atomic E-state index is 11.8. The fraction of sp³-hybridized carbons (Fsp3) is 0.500. The summed E-state index contributed by atoms with van der Waals surface area (Å²) in [5, 5.41) is 9.70. The maximum absolute atomic E-state index is 11.8. The molecule has 1 atom stereocenters. The molecular formula is C14H20ClNO3. The van der Waals surface area contributed by atoms with Crippen molar-refractivity contribution in [2.24, 2.45) is 0 Å². The molecule has 0 saturated heterocycles. The lowest BCUT2D eigenvalue weighted by Gasteiger charge is -2.18. The van der Waals surface area contributed by atoms with Crippen LogP contribution in [0.5, 0.6) is 5.75 Å². The first-order valence-electron chi connectivity index (χ1n) is 6.30. The van der Waals surface area contributed by atoms with Crippen molar-refractivity contribution < 1.29 is 14.6 Å². The van der Waals surface area contributed by atoms with Crippen LogP contribution >= 0.6 is 11.6 Å². The van der Waals surface area contributed by atoms with Crippen LogP contribution in [0.4, 0.5) is 0 Å². The smallest absolute Gasteiger partial charge is 0.225 e. The predicted octanol–water partition coefficient (Wildman–Crippen LogP) is 2.34. The van der Waals surface area contributed by atoms with E-state index in [0.29, 0.717) is 36.8 Å². The van der Waals surface area contributed by atoms with Gasteiger partial charge in [0.15, 0.2) is 0 Å². The standard InChI is InChI=1S/C14H20ClNO3/c1-11(17)7-9-16(2)14(18)8-10-19-13-6-4-3-5-12(13)15/h3-6,11,17H,7-10H2,1-2H3. The maximum Gasteiger partial charge on any atom is 0.225 e. The van der Waals surface area contributed by atoms with Gasteiger partial charge in [-0.05, 0) is 25.5 Å². The van der Waals surface area contributed by atoms with E-state index in [1.165, 1.54) is 0 Å². The number of carbonyl (C=O) groups excluding carboxylic acids is 1. The molecule has 1 unspecified atom stereocenters. The van der Waals surface area contributed by atoms with Crippen molar-refractivity contribution in [3.8, 4) is 5.75 Å². The third-order valence-electron chi connectivity index (χ3n) is 2.72. The van der Waals surface area contributed by atoms with E-state index in [0.717, 1.165) is 0 Å². The Bertz CT molecular complexity index is 409. The summed E-state index contributed by atoms with van der Waals surface area (Å²) in [6.45, 7) is 2.54. The van der Waals surface area contributed by atoms with Gasteiger partial charge in [-0.2, -0.15) is 0 Å². The minimum absolute atomic E-state index is 0.00676. The van der Waals surface area contributed by atoms with Gasteiger partial charge in [0.1, 0.15) is 5.75 Å². The van der Waals surface area contributed by atoms with Gasteiger partial charge >= 0.3 is 0 Å². The van der Waals surface area contributed by atoms with E-state index < -0.39 is 6.10 Å². The summed E-state index contributed by atoms with van der Waals surface area (Å²) in [6, 6.07) is 7.17. The lowest BCUT2D eigenvalue weighted by atomic mass is 10.2. The summed E-state index contributed by atoms with van der Waals surface area (Å²) in [5.41, 5.74) is 0. The number of aliphatic hydroxyl groups is 1. The minimum atomic E-state index is -0.394. The van der Waals surface area contributed by atoms with E-state index in [-0.39, 0.29) is 5.91 Å². The van der Waals surface area contributed by atoms with Crippen LogP contribution in [0.3, 0.4) is 0 Å². The molecule has 0 fully saturated rings. The Labute approximate surface area is 118 Å². The van der Waals surface area contributed by atoms with Crippen LogP contribution in [-0.4, -0.2) is 42.2 Å². The number of carbonyl (C=O) groups is 1. The fourth-order valence-electron chi connectivity index (χ4n) is 1.51. The molecule has 0 aliphatic carbocycles. The van der Waals surface area contributed by atoms with Crippen LogP contribution in [-0.2, 0) is 4.79 Å². The van der Waals surface area contributed by atoms with Crippen molar-refractivity contribution in [3.63, 3.8) is 0 Å². The number of hydrogen-bond acceptors (Lipinski definition) is 3. The second-order valence-corrected chi connectivity index (χ2v) is 4.89. The molecule has 1 aromatic carbocycles. The van der Waals surface area contributed by atoms with E-state index in [1.807, 2.05) is 12.1 Å². The van der Waals surface area contributed by atoms with E-state index in [4.69, 9.17) is 21.4 Å². The molecule has 1 rings (SSSR count). The number of nitrogens with zero attached hydrogens (tertiary/aromatic N) is 1. The molecule has 0 bridgehead atoms. The molecule has 0 radical (unpaired) electrons. The topological polar surface area (TPSA) is 49.8 Å². The van der Waals surface area contributed by atoms with Crippen LogP contribution in [0.1, 0.15) is 19.8 Å². The third-order valence-corrected chi connectivity index (χ3v) is 3.03. The summed E-state index contributed by atoms with van der Waals surface area (Å²) in [6.07, 6.45) is 0.476. The minimum Gasteiger partial charge on any atom is -0.491 e. The lowest BCUT2D eigenvalue weighted by molar-refractivity contribution is -0.130. The number of rotatable bonds is 7. The monoisotopic (exact) mass is 285 g/mol. The van der Waals surface area contributed by atoms with E-state index >= 15 is 0 Å². The summed E-state index contributed by atoms with van der Waals surface area (Å²) in [7, 11) is 1.72. The Morgan fingerprint density at radius 1 is 1.47 bits per heavy atom. The molecule has 0 aromatic heterocycles. The molecule has 0 aliphatic heterocycles. The van der Waals surface area contributed by atoms with Gasteiger partial charge in [0.25, 0.3) is 0 Å². The first-order chi connectivity index (χ1) is 9.00. The van der Waals surface area contributed by atoms with Crippen molar-refractivity contribution in [2.45, 2.75) is 25.9 Å². The number of benzene rings is 1. The SMILES string of the molecule is CC(O)CCN(C)C(=O)CCOc1ccccc1Cl. The van der Waals surface area contributed by atoms with Crippen LogP contribution in [0.25, 0.3) is 0 Å². The van der Waals surface area contributed by atoms with Gasteiger partial charge < -0.3 is 14.7 Å². The van der Waals surface area contributed by atoms with Gasteiger partial charge in [0.2, 0.25) is 5.91 Å². The molecule has 106 valence electrons. The van der Waals surface area contributed by atoms with Gasteiger partial charge in [-0.25, -0.2) is 0 Å².